The van der Waals surface area contributed by atoms with E-state index < -0.39 is 24.4 Å². The second-order valence-corrected chi connectivity index (χ2v) is 10.4. The molecule has 2 aromatic carbocycles. The van der Waals surface area contributed by atoms with Gasteiger partial charge >= 0.3 is 6.18 Å². The lowest BCUT2D eigenvalue weighted by atomic mass is 10.0. The third kappa shape index (κ3) is 7.51. The Morgan fingerprint density at radius 3 is 2.39 bits per heavy atom. The molecule has 1 unspecified atom stereocenters. The molecule has 0 aliphatic rings. The summed E-state index contributed by atoms with van der Waals surface area (Å²) in [6, 6.07) is 10.1. The lowest BCUT2D eigenvalue weighted by Crippen LogP contribution is -2.41. The number of halogens is 5. The third-order valence-electron chi connectivity index (χ3n) is 5.24. The molecule has 0 aliphatic carbocycles. The van der Waals surface area contributed by atoms with E-state index in [4.69, 9.17) is 33.7 Å². The molecule has 38 heavy (non-hydrogen) atoms. The molecule has 0 radical (unpaired) electrons. The maximum atomic E-state index is 13.0. The Kier molecular flexibility index (Phi) is 9.16. The molecule has 3 N–H and O–H groups in total. The number of aromatic nitrogens is 2. The van der Waals surface area contributed by atoms with Gasteiger partial charge in [0.25, 0.3) is 5.91 Å². The number of rotatable bonds is 6. The van der Waals surface area contributed by atoms with E-state index in [9.17, 15) is 18.0 Å². The summed E-state index contributed by atoms with van der Waals surface area (Å²) in [5.74, 6) is 5.12. The summed E-state index contributed by atoms with van der Waals surface area (Å²) >= 11 is 12.7. The predicted molar refractivity (Wildman–Crippen MR) is 143 cm³/mol. The maximum absolute atomic E-state index is 13.0. The van der Waals surface area contributed by atoms with Gasteiger partial charge in [-0.2, -0.15) is 18.3 Å². The summed E-state index contributed by atoms with van der Waals surface area (Å²) in [6.45, 7) is 6.53. The normalized spacial score (nSPS) is 12.6. The topological polar surface area (TPSA) is 82.2 Å². The van der Waals surface area contributed by atoms with Gasteiger partial charge in [0.15, 0.2) is 5.69 Å². The van der Waals surface area contributed by atoms with Crippen LogP contribution in [0.5, 0.6) is 0 Å². The van der Waals surface area contributed by atoms with Gasteiger partial charge in [-0.15, -0.1) is 0 Å². The van der Waals surface area contributed by atoms with Crippen LogP contribution < -0.4 is 11.1 Å². The van der Waals surface area contributed by atoms with Crippen LogP contribution in [0, 0.1) is 18.8 Å². The van der Waals surface area contributed by atoms with Crippen molar-refractivity contribution in [2.24, 2.45) is 5.73 Å². The number of amides is 1. The summed E-state index contributed by atoms with van der Waals surface area (Å²) in [6.07, 6.45) is -4.53. The van der Waals surface area contributed by atoms with Gasteiger partial charge in [0.05, 0.1) is 23.0 Å². The minimum atomic E-state index is -4.53. The van der Waals surface area contributed by atoms with E-state index in [0.29, 0.717) is 32.6 Å². The molecule has 0 fully saturated rings. The number of nitrogens with one attached hydrogen (secondary N) is 1. The maximum Gasteiger partial charge on any atom is 0.405 e. The highest BCUT2D eigenvalue weighted by Gasteiger charge is 2.36. The smallest absolute Gasteiger partial charge is 0.367 e. The van der Waals surface area contributed by atoms with Crippen LogP contribution in [-0.4, -0.2) is 46.7 Å². The number of nitrogens with zero attached hydrogens (tertiary/aromatic N) is 2. The van der Waals surface area contributed by atoms with Crippen LogP contribution in [0.25, 0.3) is 16.9 Å². The van der Waals surface area contributed by atoms with E-state index in [1.54, 1.807) is 35.0 Å². The second-order valence-electron chi connectivity index (χ2n) is 9.58. The van der Waals surface area contributed by atoms with Crippen LogP contribution in [0.1, 0.15) is 42.4 Å². The van der Waals surface area contributed by atoms with Gasteiger partial charge in [-0.3, -0.25) is 4.79 Å². The first-order chi connectivity index (χ1) is 17.7. The molecule has 3 rings (SSSR count). The Morgan fingerprint density at radius 1 is 1.16 bits per heavy atom. The zero-order valence-electron chi connectivity index (χ0n) is 21.2. The first-order valence-corrected chi connectivity index (χ1v) is 12.3. The van der Waals surface area contributed by atoms with Crippen LogP contribution in [0.15, 0.2) is 42.5 Å². The van der Waals surface area contributed by atoms with Crippen molar-refractivity contribution in [3.63, 3.8) is 0 Å². The monoisotopic (exact) mass is 566 g/mol. The van der Waals surface area contributed by atoms with Crippen molar-refractivity contribution in [2.45, 2.75) is 45.5 Å². The average Bonchev–Trinajstić information content (AvgIpc) is 3.14. The average molecular weight is 567 g/mol. The van der Waals surface area contributed by atoms with Gasteiger partial charge in [0.2, 0.25) is 0 Å². The molecule has 0 spiro atoms. The lowest BCUT2D eigenvalue weighted by molar-refractivity contribution is -0.158. The van der Waals surface area contributed by atoms with Crippen LogP contribution in [0.2, 0.25) is 10.0 Å². The van der Waals surface area contributed by atoms with E-state index in [1.165, 1.54) is 0 Å². The zero-order valence-corrected chi connectivity index (χ0v) is 22.7. The zero-order chi connectivity index (χ0) is 28.3. The SMILES string of the molecule is Cc1c(C(=O)NC(C)(C)C)nn(-c2ccc(C#CCOCC(N)C(F)(F)F)cc2Cl)c1-c1ccc(Cl)cc1. The largest absolute Gasteiger partial charge is 0.405 e. The minimum Gasteiger partial charge on any atom is -0.367 e. The Morgan fingerprint density at radius 2 is 1.82 bits per heavy atom. The highest BCUT2D eigenvalue weighted by molar-refractivity contribution is 6.32. The van der Waals surface area contributed by atoms with E-state index in [2.05, 4.69) is 22.3 Å². The molecule has 6 nitrogen and oxygen atoms in total. The lowest BCUT2D eigenvalue weighted by Gasteiger charge is -2.19. The molecular weight excluding hydrogens is 540 g/mol. The molecule has 0 saturated carbocycles. The van der Waals surface area contributed by atoms with E-state index in [0.717, 1.165) is 5.56 Å². The third-order valence-corrected chi connectivity index (χ3v) is 5.80. The van der Waals surface area contributed by atoms with Gasteiger partial charge in [-0.1, -0.05) is 47.2 Å². The van der Waals surface area contributed by atoms with E-state index in [-0.39, 0.29) is 18.2 Å². The predicted octanol–water partition coefficient (Wildman–Crippen LogP) is 5.94. The van der Waals surface area contributed by atoms with E-state index in [1.807, 2.05) is 39.8 Å². The first kappa shape index (κ1) is 29.5. The van der Waals surface area contributed by atoms with Crippen molar-refractivity contribution in [1.29, 1.82) is 0 Å². The number of hydrogen-bond donors (Lipinski definition) is 2. The minimum absolute atomic E-state index is 0.228. The number of alkyl halides is 3. The van der Waals surface area contributed by atoms with Crippen LogP contribution in [-0.2, 0) is 4.74 Å². The molecular formula is C27H27Cl2F3N4O2. The summed E-state index contributed by atoms with van der Waals surface area (Å²) in [4.78, 5) is 13.0. The molecule has 1 heterocycles. The Bertz CT molecular complexity index is 1370. The van der Waals surface area contributed by atoms with Gasteiger partial charge in [-0.05, 0) is 58.0 Å². The quantitative estimate of drug-likeness (QED) is 0.286. The van der Waals surface area contributed by atoms with Crippen LogP contribution >= 0.6 is 23.2 Å². The molecule has 0 bridgehead atoms. The summed E-state index contributed by atoms with van der Waals surface area (Å²) in [7, 11) is 0. The molecule has 1 atom stereocenters. The van der Waals surface area contributed by atoms with Gasteiger partial charge in [0, 0.05) is 27.3 Å². The van der Waals surface area contributed by atoms with Crippen LogP contribution in [0.4, 0.5) is 13.2 Å². The van der Waals surface area contributed by atoms with Crippen molar-refractivity contribution in [3.8, 4) is 28.8 Å². The molecule has 1 aromatic heterocycles. The van der Waals surface area contributed by atoms with Crippen molar-refractivity contribution in [2.75, 3.05) is 13.2 Å². The summed E-state index contributed by atoms with van der Waals surface area (Å²) in [5, 5.41) is 8.40. The fourth-order valence-electron chi connectivity index (χ4n) is 3.46. The molecule has 3 aromatic rings. The fraction of sp³-hybridized carbons (Fsp3) is 0.333. The van der Waals surface area contributed by atoms with Gasteiger partial charge in [-0.25, -0.2) is 4.68 Å². The van der Waals surface area contributed by atoms with Crippen molar-refractivity contribution >= 4 is 29.1 Å². The molecule has 0 aliphatic heterocycles. The molecule has 1 amide bonds. The fourth-order valence-corrected chi connectivity index (χ4v) is 3.84. The van der Waals surface area contributed by atoms with Crippen LogP contribution in [0.3, 0.4) is 0 Å². The standard InChI is InChI=1S/C27H27Cl2F3N4O2/c1-16-23(25(37)34-26(2,3)4)35-36(24(16)18-8-10-19(28)11-9-18)21-12-7-17(14-20(21)29)6-5-13-38-15-22(33)27(30,31)32/h7-12,14,22H,13,15,33H2,1-4H3,(H,34,37). The number of hydrogen-bond acceptors (Lipinski definition) is 4. The number of ether oxygens (including phenoxy) is 1. The Hall–Kier alpha value is -3.03. The second kappa shape index (κ2) is 11.8. The molecule has 11 heteroatoms. The van der Waals surface area contributed by atoms with Crippen molar-refractivity contribution in [3.05, 3.63) is 69.3 Å². The highest BCUT2D eigenvalue weighted by atomic mass is 35.5. The number of benzene rings is 2. The molecule has 202 valence electrons. The first-order valence-electron chi connectivity index (χ1n) is 11.5. The molecule has 0 saturated heterocycles. The number of carbonyl (C=O) groups is 1. The van der Waals surface area contributed by atoms with Crippen molar-refractivity contribution < 1.29 is 22.7 Å². The summed E-state index contributed by atoms with van der Waals surface area (Å²) in [5.41, 5.74) is 7.91. The van der Waals surface area contributed by atoms with Crippen molar-refractivity contribution in [1.82, 2.24) is 15.1 Å². The Balaban J connectivity index is 1.93. The van der Waals surface area contributed by atoms with E-state index >= 15 is 0 Å². The number of nitrogens with two attached hydrogens (primary N) is 1. The Labute approximate surface area is 229 Å². The number of carbonyl (C=O) groups excluding carboxylic acids is 1. The highest BCUT2D eigenvalue weighted by Crippen LogP contribution is 2.32. The summed E-state index contributed by atoms with van der Waals surface area (Å²) < 4.78 is 43.9. The van der Waals surface area contributed by atoms with Gasteiger partial charge in [0.1, 0.15) is 12.6 Å². The van der Waals surface area contributed by atoms with Gasteiger partial charge < -0.3 is 15.8 Å².